The monoisotopic (exact) mass is 328 g/mol. The standard InChI is InChI=1S/C23H24N2/c1-18(20-12-6-3-7-13-20)25(19(2)21-14-8-4-9-15-21)23(24)22-16-10-5-11-17-22/h3-19,24H,1-2H3/t18-,19+. The summed E-state index contributed by atoms with van der Waals surface area (Å²) >= 11 is 0. The summed E-state index contributed by atoms with van der Waals surface area (Å²) in [5.74, 6) is 0.549. The van der Waals surface area contributed by atoms with Gasteiger partial charge in [-0.2, -0.15) is 0 Å². The third-order valence-electron chi connectivity index (χ3n) is 4.70. The van der Waals surface area contributed by atoms with Gasteiger partial charge in [-0.15, -0.1) is 0 Å². The number of nitrogens with one attached hydrogen (secondary N) is 1. The first-order valence-electron chi connectivity index (χ1n) is 8.70. The highest BCUT2D eigenvalue weighted by Crippen LogP contribution is 2.31. The van der Waals surface area contributed by atoms with E-state index in [2.05, 4.69) is 67.3 Å². The zero-order chi connectivity index (χ0) is 17.6. The molecule has 0 saturated carbocycles. The van der Waals surface area contributed by atoms with Crippen molar-refractivity contribution in [1.82, 2.24) is 4.90 Å². The molecule has 0 radical (unpaired) electrons. The minimum absolute atomic E-state index is 0.101. The van der Waals surface area contributed by atoms with Crippen molar-refractivity contribution in [3.05, 3.63) is 108 Å². The third kappa shape index (κ3) is 3.80. The number of hydrogen-bond donors (Lipinski definition) is 1. The lowest BCUT2D eigenvalue weighted by atomic mass is 9.99. The van der Waals surface area contributed by atoms with Crippen LogP contribution in [0.1, 0.15) is 42.6 Å². The Morgan fingerprint density at radius 1 is 0.640 bits per heavy atom. The largest absolute Gasteiger partial charge is 0.343 e. The fourth-order valence-corrected chi connectivity index (χ4v) is 3.25. The number of benzene rings is 3. The molecule has 3 aromatic carbocycles. The van der Waals surface area contributed by atoms with E-state index in [9.17, 15) is 0 Å². The lowest BCUT2D eigenvalue weighted by molar-refractivity contribution is 0.267. The average Bonchev–Trinajstić information content (AvgIpc) is 2.70. The van der Waals surface area contributed by atoms with Crippen LogP contribution in [0.5, 0.6) is 0 Å². The zero-order valence-electron chi connectivity index (χ0n) is 14.8. The predicted molar refractivity (Wildman–Crippen MR) is 105 cm³/mol. The summed E-state index contributed by atoms with van der Waals surface area (Å²) in [5.41, 5.74) is 3.37. The highest BCUT2D eigenvalue weighted by Gasteiger charge is 2.25. The molecule has 2 nitrogen and oxygen atoms in total. The molecule has 0 aliphatic heterocycles. The summed E-state index contributed by atoms with van der Waals surface area (Å²) in [6.45, 7) is 4.35. The molecule has 2 atom stereocenters. The minimum atomic E-state index is 0.101. The molecule has 3 rings (SSSR count). The summed E-state index contributed by atoms with van der Waals surface area (Å²) in [5, 5.41) is 8.87. The molecule has 0 bridgehead atoms. The molecule has 0 aliphatic rings. The van der Waals surface area contributed by atoms with Crippen molar-refractivity contribution in [3.8, 4) is 0 Å². The van der Waals surface area contributed by atoms with Crippen molar-refractivity contribution in [2.24, 2.45) is 0 Å². The van der Waals surface area contributed by atoms with Crippen molar-refractivity contribution in [3.63, 3.8) is 0 Å². The van der Waals surface area contributed by atoms with Gasteiger partial charge in [-0.05, 0) is 25.0 Å². The summed E-state index contributed by atoms with van der Waals surface area (Å²) in [6.07, 6.45) is 0. The van der Waals surface area contributed by atoms with E-state index in [1.54, 1.807) is 0 Å². The molecule has 0 aromatic heterocycles. The van der Waals surface area contributed by atoms with Gasteiger partial charge in [-0.3, -0.25) is 5.41 Å². The van der Waals surface area contributed by atoms with Crippen molar-refractivity contribution in [2.75, 3.05) is 0 Å². The molecular weight excluding hydrogens is 304 g/mol. The maximum Gasteiger partial charge on any atom is 0.129 e. The molecule has 0 amide bonds. The van der Waals surface area contributed by atoms with Crippen LogP contribution < -0.4 is 0 Å². The maximum absolute atomic E-state index is 8.87. The Balaban J connectivity index is 2.00. The normalized spacial score (nSPS) is 13.0. The number of nitrogens with zero attached hydrogens (tertiary/aromatic N) is 1. The first-order valence-corrected chi connectivity index (χ1v) is 8.70. The fourth-order valence-electron chi connectivity index (χ4n) is 3.25. The summed E-state index contributed by atoms with van der Waals surface area (Å²) < 4.78 is 0. The molecule has 0 spiro atoms. The van der Waals surface area contributed by atoms with Crippen LogP contribution in [-0.2, 0) is 0 Å². The molecule has 2 heteroatoms. The predicted octanol–water partition coefficient (Wildman–Crippen LogP) is 5.84. The number of rotatable bonds is 5. The van der Waals surface area contributed by atoms with Crippen molar-refractivity contribution < 1.29 is 0 Å². The molecule has 0 heterocycles. The molecule has 0 unspecified atom stereocenters. The van der Waals surface area contributed by atoms with Gasteiger partial charge in [0.1, 0.15) is 5.84 Å². The lowest BCUT2D eigenvalue weighted by Crippen LogP contribution is -2.36. The van der Waals surface area contributed by atoms with Crippen LogP contribution in [0, 0.1) is 5.41 Å². The maximum atomic E-state index is 8.87. The van der Waals surface area contributed by atoms with Gasteiger partial charge in [0.05, 0.1) is 12.1 Å². The van der Waals surface area contributed by atoms with Crippen LogP contribution >= 0.6 is 0 Å². The van der Waals surface area contributed by atoms with Gasteiger partial charge in [0, 0.05) is 5.56 Å². The Bertz CT molecular complexity index is 752. The molecular formula is C23H24N2. The third-order valence-corrected chi connectivity index (χ3v) is 4.70. The van der Waals surface area contributed by atoms with E-state index < -0.39 is 0 Å². The Morgan fingerprint density at radius 3 is 1.40 bits per heavy atom. The molecule has 0 aliphatic carbocycles. The average molecular weight is 328 g/mol. The minimum Gasteiger partial charge on any atom is -0.343 e. The van der Waals surface area contributed by atoms with Crippen LogP contribution in [0.15, 0.2) is 91.0 Å². The zero-order valence-corrected chi connectivity index (χ0v) is 14.8. The van der Waals surface area contributed by atoms with Crippen LogP contribution in [0.3, 0.4) is 0 Å². The van der Waals surface area contributed by atoms with E-state index in [0.717, 1.165) is 5.56 Å². The van der Waals surface area contributed by atoms with Gasteiger partial charge in [0.25, 0.3) is 0 Å². The Labute approximate surface area is 150 Å². The van der Waals surface area contributed by atoms with Gasteiger partial charge in [-0.25, -0.2) is 0 Å². The van der Waals surface area contributed by atoms with E-state index in [-0.39, 0.29) is 12.1 Å². The number of hydrogen-bond acceptors (Lipinski definition) is 1. The van der Waals surface area contributed by atoms with Crippen LogP contribution in [0.2, 0.25) is 0 Å². The first kappa shape index (κ1) is 17.0. The molecule has 3 aromatic rings. The Hall–Kier alpha value is -2.87. The second-order valence-corrected chi connectivity index (χ2v) is 6.30. The summed E-state index contributed by atoms with van der Waals surface area (Å²) in [4.78, 5) is 2.19. The molecule has 25 heavy (non-hydrogen) atoms. The van der Waals surface area contributed by atoms with Crippen LogP contribution in [0.25, 0.3) is 0 Å². The van der Waals surface area contributed by atoms with E-state index >= 15 is 0 Å². The van der Waals surface area contributed by atoms with Crippen LogP contribution in [-0.4, -0.2) is 10.7 Å². The van der Waals surface area contributed by atoms with Crippen LogP contribution in [0.4, 0.5) is 0 Å². The SMILES string of the molecule is C[C@H](c1ccccc1)N(C(=N)c1ccccc1)[C@@H](C)c1ccccc1. The smallest absolute Gasteiger partial charge is 0.129 e. The molecule has 1 N–H and O–H groups in total. The second-order valence-electron chi connectivity index (χ2n) is 6.30. The van der Waals surface area contributed by atoms with Crippen molar-refractivity contribution >= 4 is 5.84 Å². The quantitative estimate of drug-likeness (QED) is 0.462. The number of amidine groups is 1. The van der Waals surface area contributed by atoms with Crippen molar-refractivity contribution in [2.45, 2.75) is 25.9 Å². The van der Waals surface area contributed by atoms with E-state index in [1.807, 2.05) is 42.5 Å². The molecule has 0 fully saturated rings. The summed E-state index contributed by atoms with van der Waals surface area (Å²) in [7, 11) is 0. The van der Waals surface area contributed by atoms with Gasteiger partial charge in [0.2, 0.25) is 0 Å². The van der Waals surface area contributed by atoms with Gasteiger partial charge in [0.15, 0.2) is 0 Å². The second kappa shape index (κ2) is 7.80. The topological polar surface area (TPSA) is 27.1 Å². The van der Waals surface area contributed by atoms with E-state index in [4.69, 9.17) is 5.41 Å². The van der Waals surface area contributed by atoms with Crippen molar-refractivity contribution in [1.29, 1.82) is 5.41 Å². The molecule has 0 saturated heterocycles. The highest BCUT2D eigenvalue weighted by molar-refractivity contribution is 5.96. The lowest BCUT2D eigenvalue weighted by Gasteiger charge is -2.37. The van der Waals surface area contributed by atoms with E-state index in [0.29, 0.717) is 5.84 Å². The van der Waals surface area contributed by atoms with Gasteiger partial charge in [-0.1, -0.05) is 91.0 Å². The first-order chi connectivity index (χ1) is 12.2. The molecule has 126 valence electrons. The van der Waals surface area contributed by atoms with Gasteiger partial charge >= 0.3 is 0 Å². The Morgan fingerprint density at radius 2 is 1.00 bits per heavy atom. The highest BCUT2D eigenvalue weighted by atomic mass is 15.2. The fraction of sp³-hybridized carbons (Fsp3) is 0.174. The van der Waals surface area contributed by atoms with E-state index in [1.165, 1.54) is 11.1 Å². The summed E-state index contributed by atoms with van der Waals surface area (Å²) in [6, 6.07) is 31.0. The van der Waals surface area contributed by atoms with Gasteiger partial charge < -0.3 is 4.90 Å². The Kier molecular flexibility index (Phi) is 5.30.